The van der Waals surface area contributed by atoms with E-state index >= 15 is 0 Å². The number of aromatic nitrogens is 1. The van der Waals surface area contributed by atoms with Crippen LogP contribution in [0.15, 0.2) is 59.4 Å². The van der Waals surface area contributed by atoms with Gasteiger partial charge in [0.15, 0.2) is 0 Å². The fourth-order valence-electron chi connectivity index (χ4n) is 2.06. The highest BCUT2D eigenvalue weighted by molar-refractivity contribution is 7.80. The van der Waals surface area contributed by atoms with Gasteiger partial charge in [-0.2, -0.15) is 12.6 Å². The van der Waals surface area contributed by atoms with Crippen molar-refractivity contribution in [2.75, 3.05) is 12.4 Å². The zero-order chi connectivity index (χ0) is 18.1. The molecule has 0 saturated carbocycles. The maximum absolute atomic E-state index is 11.1. The van der Waals surface area contributed by atoms with E-state index in [0.29, 0.717) is 6.61 Å². The normalized spacial score (nSPS) is 10.2. The highest BCUT2D eigenvalue weighted by Gasteiger charge is 1.98. The second-order valence-corrected chi connectivity index (χ2v) is 6.61. The predicted molar refractivity (Wildman–Crippen MR) is 110 cm³/mol. The van der Waals surface area contributed by atoms with E-state index in [4.69, 9.17) is 27.9 Å². The molecule has 2 aromatic carbocycles. The largest absolute Gasteiger partial charge is 0.494 e. The lowest BCUT2D eigenvalue weighted by atomic mass is 10.2. The number of fused-ring (bicyclic) bond motifs is 1. The molecule has 3 aromatic rings. The molecular formula is C19H19Cl2NO2S. The molecule has 0 amide bonds. The van der Waals surface area contributed by atoms with E-state index in [-0.39, 0.29) is 5.56 Å². The first-order chi connectivity index (χ1) is 12.1. The van der Waals surface area contributed by atoms with Crippen LogP contribution in [-0.2, 0) is 0 Å². The number of ether oxygens (including phenoxy) is 1. The van der Waals surface area contributed by atoms with Gasteiger partial charge in [0.25, 0.3) is 0 Å². The van der Waals surface area contributed by atoms with Crippen LogP contribution in [0.25, 0.3) is 10.9 Å². The molecule has 132 valence electrons. The summed E-state index contributed by atoms with van der Waals surface area (Å²) >= 11 is 15.3. The number of hydrogen-bond donors (Lipinski definition) is 2. The van der Waals surface area contributed by atoms with Gasteiger partial charge in [0.05, 0.1) is 6.61 Å². The van der Waals surface area contributed by atoms with E-state index in [1.54, 1.807) is 30.3 Å². The Balaban J connectivity index is 0.000000236. The Morgan fingerprint density at radius 3 is 2.24 bits per heavy atom. The lowest BCUT2D eigenvalue weighted by Gasteiger charge is -2.06. The van der Waals surface area contributed by atoms with Crippen molar-refractivity contribution >= 4 is 46.7 Å². The van der Waals surface area contributed by atoms with Crippen LogP contribution in [0.2, 0.25) is 10.0 Å². The molecule has 1 aromatic heterocycles. The Kier molecular flexibility index (Phi) is 8.19. The number of pyridine rings is 1. The molecule has 3 nitrogen and oxygen atoms in total. The molecule has 0 aliphatic carbocycles. The smallest absolute Gasteiger partial charge is 0.248 e. The van der Waals surface area contributed by atoms with Crippen LogP contribution in [0, 0.1) is 0 Å². The lowest BCUT2D eigenvalue weighted by molar-refractivity contribution is 0.310. The number of rotatable bonds is 5. The number of nitrogens with one attached hydrogen (secondary N) is 1. The van der Waals surface area contributed by atoms with Gasteiger partial charge in [0, 0.05) is 27.0 Å². The Labute approximate surface area is 162 Å². The minimum absolute atomic E-state index is 0.0834. The van der Waals surface area contributed by atoms with Crippen molar-refractivity contribution in [2.45, 2.75) is 12.8 Å². The molecule has 6 heteroatoms. The van der Waals surface area contributed by atoms with E-state index in [9.17, 15) is 4.79 Å². The van der Waals surface area contributed by atoms with Crippen molar-refractivity contribution in [3.8, 4) is 5.75 Å². The molecule has 25 heavy (non-hydrogen) atoms. The molecular weight excluding hydrogens is 377 g/mol. The molecule has 0 bridgehead atoms. The summed E-state index contributed by atoms with van der Waals surface area (Å²) in [6.07, 6.45) is 2.07. The van der Waals surface area contributed by atoms with Crippen molar-refractivity contribution in [1.29, 1.82) is 0 Å². The summed E-state index contributed by atoms with van der Waals surface area (Å²) in [5.41, 5.74) is 0.750. The first-order valence-corrected chi connectivity index (χ1v) is 9.25. The number of benzene rings is 2. The van der Waals surface area contributed by atoms with Gasteiger partial charge in [-0.15, -0.1) is 0 Å². The molecule has 0 unspecified atom stereocenters. The first-order valence-electron chi connectivity index (χ1n) is 7.86. The minimum Gasteiger partial charge on any atom is -0.494 e. The van der Waals surface area contributed by atoms with E-state index in [0.717, 1.165) is 45.3 Å². The average Bonchev–Trinajstić information content (AvgIpc) is 2.62. The van der Waals surface area contributed by atoms with Gasteiger partial charge in [-0.05, 0) is 67.1 Å². The summed E-state index contributed by atoms with van der Waals surface area (Å²) in [4.78, 5) is 13.9. The summed E-state index contributed by atoms with van der Waals surface area (Å²) in [5.74, 6) is 1.73. The summed E-state index contributed by atoms with van der Waals surface area (Å²) in [5, 5.41) is 2.42. The third-order valence-electron chi connectivity index (χ3n) is 3.32. The van der Waals surface area contributed by atoms with Gasteiger partial charge in [0.2, 0.25) is 5.56 Å². The summed E-state index contributed by atoms with van der Waals surface area (Å²) in [6.45, 7) is 0.704. The first kappa shape index (κ1) is 19.7. The Hall–Kier alpha value is -1.62. The molecule has 0 fully saturated rings. The van der Waals surface area contributed by atoms with Gasteiger partial charge >= 0.3 is 0 Å². The van der Waals surface area contributed by atoms with Crippen LogP contribution >= 0.6 is 35.8 Å². The fourth-order valence-corrected chi connectivity index (χ4v) is 2.53. The highest BCUT2D eigenvalue weighted by Crippen LogP contribution is 2.18. The fraction of sp³-hybridized carbons (Fsp3) is 0.211. The van der Waals surface area contributed by atoms with E-state index < -0.39 is 0 Å². The van der Waals surface area contributed by atoms with Crippen molar-refractivity contribution in [2.24, 2.45) is 0 Å². The van der Waals surface area contributed by atoms with Gasteiger partial charge in [-0.25, -0.2) is 0 Å². The van der Waals surface area contributed by atoms with Crippen LogP contribution in [0.3, 0.4) is 0 Å². The third kappa shape index (κ3) is 7.02. The zero-order valence-electron chi connectivity index (χ0n) is 13.5. The Morgan fingerprint density at radius 1 is 0.920 bits per heavy atom. The molecule has 3 rings (SSSR count). The van der Waals surface area contributed by atoms with Gasteiger partial charge < -0.3 is 9.72 Å². The second-order valence-electron chi connectivity index (χ2n) is 5.29. The average molecular weight is 396 g/mol. The van der Waals surface area contributed by atoms with E-state index in [1.807, 2.05) is 18.2 Å². The molecule has 1 N–H and O–H groups in total. The SMILES string of the molecule is Clc1ccc(Cl)cc1.O=c1ccc2cc(OCCCCS)ccc2[nH]1. The van der Waals surface area contributed by atoms with Crippen LogP contribution < -0.4 is 10.3 Å². The highest BCUT2D eigenvalue weighted by atomic mass is 35.5. The summed E-state index contributed by atoms with van der Waals surface area (Å²) in [6, 6.07) is 16.0. The number of halogens is 2. The van der Waals surface area contributed by atoms with E-state index in [2.05, 4.69) is 17.6 Å². The summed E-state index contributed by atoms with van der Waals surface area (Å²) < 4.78 is 5.62. The minimum atomic E-state index is -0.0834. The molecule has 0 aliphatic heterocycles. The third-order valence-corrected chi connectivity index (χ3v) is 4.14. The van der Waals surface area contributed by atoms with Gasteiger partial charge in [-0.1, -0.05) is 23.2 Å². The maximum atomic E-state index is 11.1. The topological polar surface area (TPSA) is 42.1 Å². The Morgan fingerprint density at radius 2 is 1.60 bits per heavy atom. The standard InChI is InChI=1S/C13H15NO2S.C6H4Cl2/c15-13-6-3-10-9-11(4-5-12(10)14-13)16-7-1-2-8-17;7-5-1-2-6(8)4-3-5/h3-6,9,17H,1-2,7-8H2,(H,14,15);1-4H. The van der Waals surface area contributed by atoms with Crippen molar-refractivity contribution in [3.63, 3.8) is 0 Å². The van der Waals surface area contributed by atoms with Crippen molar-refractivity contribution in [3.05, 3.63) is 75.0 Å². The number of H-pyrrole nitrogens is 1. The van der Waals surface area contributed by atoms with Crippen LogP contribution in [-0.4, -0.2) is 17.3 Å². The summed E-state index contributed by atoms with van der Waals surface area (Å²) in [7, 11) is 0. The number of thiol groups is 1. The number of unbranched alkanes of at least 4 members (excludes halogenated alkanes) is 1. The maximum Gasteiger partial charge on any atom is 0.248 e. The monoisotopic (exact) mass is 395 g/mol. The molecule has 0 saturated heterocycles. The van der Waals surface area contributed by atoms with Gasteiger partial charge in [0.1, 0.15) is 5.75 Å². The second kappa shape index (κ2) is 10.4. The molecule has 0 atom stereocenters. The van der Waals surface area contributed by atoms with Gasteiger partial charge in [-0.3, -0.25) is 4.79 Å². The predicted octanol–water partition coefficient (Wildman–Crippen LogP) is 5.61. The number of hydrogen-bond acceptors (Lipinski definition) is 3. The molecule has 0 aliphatic rings. The number of aromatic amines is 1. The molecule has 0 radical (unpaired) electrons. The van der Waals surface area contributed by atoms with E-state index in [1.165, 1.54) is 6.07 Å². The van der Waals surface area contributed by atoms with Crippen LogP contribution in [0.1, 0.15) is 12.8 Å². The lowest BCUT2D eigenvalue weighted by Crippen LogP contribution is -2.02. The molecule has 1 heterocycles. The van der Waals surface area contributed by atoms with Crippen LogP contribution in [0.4, 0.5) is 0 Å². The Bertz CT molecular complexity index is 829. The quantitative estimate of drug-likeness (QED) is 0.435. The van der Waals surface area contributed by atoms with Crippen molar-refractivity contribution in [1.82, 2.24) is 4.98 Å². The van der Waals surface area contributed by atoms with Crippen molar-refractivity contribution < 1.29 is 4.74 Å². The van der Waals surface area contributed by atoms with Crippen LogP contribution in [0.5, 0.6) is 5.75 Å². The molecule has 0 spiro atoms. The zero-order valence-corrected chi connectivity index (χ0v) is 16.0.